The van der Waals surface area contributed by atoms with Crippen molar-refractivity contribution >= 4 is 17.5 Å². The molecule has 3 rings (SSSR count). The van der Waals surface area contributed by atoms with Crippen molar-refractivity contribution in [2.24, 2.45) is 5.73 Å². The third kappa shape index (κ3) is 3.35. The van der Waals surface area contributed by atoms with Gasteiger partial charge in [0.15, 0.2) is 0 Å². The number of methoxy groups -OCH3 is 1. The molecular formula is C18H16N4O3. The molecule has 25 heavy (non-hydrogen) atoms. The standard InChI is InChI=1S/C18H16N4O3/c1-25-16-9-5-2-6-12(16)18(24)20-13-7-3-4-8-15(13)22-11-10-14(21-22)17(19)23/h2-11H,1H3,(H2,19,23)(H,20,24). The highest BCUT2D eigenvalue weighted by Crippen LogP contribution is 2.23. The Bertz CT molecular complexity index is 933. The quantitative estimate of drug-likeness (QED) is 0.746. The Morgan fingerprint density at radius 3 is 2.52 bits per heavy atom. The summed E-state index contributed by atoms with van der Waals surface area (Å²) < 4.78 is 6.70. The van der Waals surface area contributed by atoms with Crippen LogP contribution in [0.3, 0.4) is 0 Å². The Balaban J connectivity index is 1.93. The summed E-state index contributed by atoms with van der Waals surface area (Å²) in [5, 5.41) is 6.96. The van der Waals surface area contributed by atoms with Gasteiger partial charge in [-0.2, -0.15) is 5.10 Å². The molecule has 126 valence electrons. The summed E-state index contributed by atoms with van der Waals surface area (Å²) in [4.78, 5) is 23.8. The van der Waals surface area contributed by atoms with Gasteiger partial charge in [0.05, 0.1) is 24.0 Å². The average molecular weight is 336 g/mol. The summed E-state index contributed by atoms with van der Waals surface area (Å²) in [6.45, 7) is 0. The van der Waals surface area contributed by atoms with Crippen LogP contribution < -0.4 is 15.8 Å². The number of aromatic nitrogens is 2. The number of para-hydroxylation sites is 3. The van der Waals surface area contributed by atoms with E-state index in [-0.39, 0.29) is 11.6 Å². The maximum atomic E-state index is 12.6. The first kappa shape index (κ1) is 16.3. The Morgan fingerprint density at radius 2 is 1.80 bits per heavy atom. The molecular weight excluding hydrogens is 320 g/mol. The van der Waals surface area contributed by atoms with Crippen molar-refractivity contribution in [1.82, 2.24) is 9.78 Å². The number of primary amides is 1. The lowest BCUT2D eigenvalue weighted by Crippen LogP contribution is -2.15. The second-order valence-electron chi connectivity index (χ2n) is 5.18. The highest BCUT2D eigenvalue weighted by molar-refractivity contribution is 6.07. The molecule has 1 aromatic heterocycles. The lowest BCUT2D eigenvalue weighted by molar-refractivity contribution is 0.0992. The molecule has 3 N–H and O–H groups in total. The highest BCUT2D eigenvalue weighted by Gasteiger charge is 2.15. The van der Waals surface area contributed by atoms with Gasteiger partial charge >= 0.3 is 0 Å². The molecule has 0 bridgehead atoms. The minimum Gasteiger partial charge on any atom is -0.496 e. The first-order chi connectivity index (χ1) is 12.1. The minimum atomic E-state index is -0.616. The molecule has 2 aromatic carbocycles. The predicted octanol–water partition coefficient (Wildman–Crippen LogP) is 2.23. The number of rotatable bonds is 5. The summed E-state index contributed by atoms with van der Waals surface area (Å²) in [6.07, 6.45) is 1.61. The zero-order valence-electron chi connectivity index (χ0n) is 13.5. The van der Waals surface area contributed by atoms with Crippen molar-refractivity contribution < 1.29 is 14.3 Å². The van der Waals surface area contributed by atoms with E-state index in [1.807, 2.05) is 0 Å². The Morgan fingerprint density at radius 1 is 1.08 bits per heavy atom. The van der Waals surface area contributed by atoms with Crippen LogP contribution in [0.25, 0.3) is 5.69 Å². The molecule has 0 aliphatic heterocycles. The molecule has 3 aromatic rings. The van der Waals surface area contributed by atoms with E-state index in [4.69, 9.17) is 10.5 Å². The van der Waals surface area contributed by atoms with Crippen LogP contribution in [0.1, 0.15) is 20.8 Å². The monoisotopic (exact) mass is 336 g/mol. The van der Waals surface area contributed by atoms with E-state index >= 15 is 0 Å². The first-order valence-corrected chi connectivity index (χ1v) is 7.49. The van der Waals surface area contributed by atoms with Gasteiger partial charge in [0, 0.05) is 6.20 Å². The van der Waals surface area contributed by atoms with Gasteiger partial charge in [-0.25, -0.2) is 4.68 Å². The molecule has 1 heterocycles. The number of amides is 2. The van der Waals surface area contributed by atoms with Crippen LogP contribution in [-0.4, -0.2) is 28.7 Å². The SMILES string of the molecule is COc1ccccc1C(=O)Nc1ccccc1-n1ccc(C(N)=O)n1. The normalized spacial score (nSPS) is 10.3. The van der Waals surface area contributed by atoms with Crippen LogP contribution in [0.15, 0.2) is 60.8 Å². The second-order valence-corrected chi connectivity index (χ2v) is 5.18. The van der Waals surface area contributed by atoms with Crippen LogP contribution >= 0.6 is 0 Å². The number of benzene rings is 2. The molecule has 7 nitrogen and oxygen atoms in total. The third-order valence-electron chi connectivity index (χ3n) is 3.59. The fourth-order valence-electron chi connectivity index (χ4n) is 2.39. The molecule has 0 atom stereocenters. The first-order valence-electron chi connectivity index (χ1n) is 7.49. The van der Waals surface area contributed by atoms with E-state index in [0.717, 1.165) is 0 Å². The molecule has 2 amide bonds. The van der Waals surface area contributed by atoms with Gasteiger partial charge in [0.1, 0.15) is 11.4 Å². The molecule has 0 spiro atoms. The minimum absolute atomic E-state index is 0.144. The maximum absolute atomic E-state index is 12.6. The number of hydrogen-bond donors (Lipinski definition) is 2. The van der Waals surface area contributed by atoms with E-state index in [1.165, 1.54) is 17.9 Å². The molecule has 0 aliphatic rings. The van der Waals surface area contributed by atoms with E-state index in [1.54, 1.807) is 54.7 Å². The highest BCUT2D eigenvalue weighted by atomic mass is 16.5. The van der Waals surface area contributed by atoms with E-state index < -0.39 is 5.91 Å². The number of carbonyl (C=O) groups excluding carboxylic acids is 2. The van der Waals surface area contributed by atoms with E-state index in [0.29, 0.717) is 22.7 Å². The van der Waals surface area contributed by atoms with Gasteiger partial charge < -0.3 is 15.8 Å². The number of hydrogen-bond acceptors (Lipinski definition) is 4. The molecule has 0 saturated carbocycles. The molecule has 7 heteroatoms. The van der Waals surface area contributed by atoms with Gasteiger partial charge in [-0.15, -0.1) is 0 Å². The smallest absolute Gasteiger partial charge is 0.269 e. The number of nitrogens with zero attached hydrogens (tertiary/aromatic N) is 2. The van der Waals surface area contributed by atoms with Crippen LogP contribution in [0.5, 0.6) is 5.75 Å². The number of carbonyl (C=O) groups is 2. The van der Waals surface area contributed by atoms with E-state index in [2.05, 4.69) is 10.4 Å². The zero-order valence-corrected chi connectivity index (χ0v) is 13.5. The molecule has 0 fully saturated rings. The van der Waals surface area contributed by atoms with Crippen LogP contribution in [0.2, 0.25) is 0 Å². The molecule has 0 radical (unpaired) electrons. The van der Waals surface area contributed by atoms with Crippen molar-refractivity contribution in [3.05, 3.63) is 72.1 Å². The van der Waals surface area contributed by atoms with Gasteiger partial charge in [0.25, 0.3) is 11.8 Å². The lowest BCUT2D eigenvalue weighted by atomic mass is 10.1. The number of anilines is 1. The van der Waals surface area contributed by atoms with Crippen molar-refractivity contribution in [1.29, 1.82) is 0 Å². The lowest BCUT2D eigenvalue weighted by Gasteiger charge is -2.12. The van der Waals surface area contributed by atoms with Crippen LogP contribution in [-0.2, 0) is 0 Å². The van der Waals surface area contributed by atoms with Gasteiger partial charge in [-0.05, 0) is 30.3 Å². The topological polar surface area (TPSA) is 99.2 Å². The predicted molar refractivity (Wildman–Crippen MR) is 93.0 cm³/mol. The van der Waals surface area contributed by atoms with Gasteiger partial charge in [-0.3, -0.25) is 9.59 Å². The summed E-state index contributed by atoms with van der Waals surface area (Å²) in [6, 6.07) is 15.6. The summed E-state index contributed by atoms with van der Waals surface area (Å²) in [7, 11) is 1.51. The van der Waals surface area contributed by atoms with Crippen molar-refractivity contribution in [3.63, 3.8) is 0 Å². The Labute approximate surface area is 144 Å². The summed E-state index contributed by atoms with van der Waals surface area (Å²) >= 11 is 0. The number of nitrogens with one attached hydrogen (secondary N) is 1. The summed E-state index contributed by atoms with van der Waals surface area (Å²) in [5.74, 6) is -0.450. The third-order valence-corrected chi connectivity index (χ3v) is 3.59. The zero-order chi connectivity index (χ0) is 17.8. The van der Waals surface area contributed by atoms with Crippen LogP contribution in [0.4, 0.5) is 5.69 Å². The Kier molecular flexibility index (Phi) is 4.47. The fraction of sp³-hybridized carbons (Fsp3) is 0.0556. The number of ether oxygens (including phenoxy) is 1. The number of nitrogens with two attached hydrogens (primary N) is 1. The average Bonchev–Trinajstić information content (AvgIpc) is 3.12. The van der Waals surface area contributed by atoms with E-state index in [9.17, 15) is 9.59 Å². The summed E-state index contributed by atoms with van der Waals surface area (Å²) in [5.41, 5.74) is 6.94. The second kappa shape index (κ2) is 6.88. The van der Waals surface area contributed by atoms with Crippen molar-refractivity contribution in [3.8, 4) is 11.4 Å². The molecule has 0 saturated heterocycles. The largest absolute Gasteiger partial charge is 0.496 e. The van der Waals surface area contributed by atoms with Crippen molar-refractivity contribution in [2.45, 2.75) is 0 Å². The van der Waals surface area contributed by atoms with Crippen LogP contribution in [0, 0.1) is 0 Å². The van der Waals surface area contributed by atoms with Gasteiger partial charge in [0.2, 0.25) is 0 Å². The Hall–Kier alpha value is -3.61. The fourth-order valence-corrected chi connectivity index (χ4v) is 2.39. The van der Waals surface area contributed by atoms with Crippen molar-refractivity contribution in [2.75, 3.05) is 12.4 Å². The maximum Gasteiger partial charge on any atom is 0.269 e. The molecule has 0 aliphatic carbocycles. The molecule has 0 unspecified atom stereocenters. The van der Waals surface area contributed by atoms with Gasteiger partial charge in [-0.1, -0.05) is 24.3 Å².